The van der Waals surface area contributed by atoms with Gasteiger partial charge in [-0.1, -0.05) is 171 Å². The van der Waals surface area contributed by atoms with Crippen LogP contribution in [-0.2, 0) is 74.6 Å². The Labute approximate surface area is 671 Å². The van der Waals surface area contributed by atoms with Crippen molar-refractivity contribution in [3.05, 3.63) is 167 Å². The first-order valence-corrected chi connectivity index (χ1v) is 36.1. The summed E-state index contributed by atoms with van der Waals surface area (Å²) >= 11 is 0. The fourth-order valence-electron chi connectivity index (χ4n) is 13.6. The van der Waals surface area contributed by atoms with Crippen molar-refractivity contribution in [3.8, 4) is 0 Å². The highest BCUT2D eigenvalue weighted by atomic mass is 16.6. The quantitative estimate of drug-likeness (QED) is 0.0735. The lowest BCUT2D eigenvalue weighted by molar-refractivity contribution is -0.119. The Morgan fingerprint density at radius 2 is 0.623 bits per heavy atom. The number of benzene rings is 4. The van der Waals surface area contributed by atoms with Gasteiger partial charge in [-0.15, -0.1) is 35.7 Å². The molecular weight excluding hydrogens is 1460 g/mol. The predicted molar refractivity (Wildman–Crippen MR) is 433 cm³/mol. The van der Waals surface area contributed by atoms with E-state index >= 15 is 0 Å². The summed E-state index contributed by atoms with van der Waals surface area (Å²) in [4.78, 5) is 92.7. The molecule has 8 heterocycles. The average Bonchev–Trinajstić information content (AvgIpc) is 1.39. The van der Waals surface area contributed by atoms with Crippen LogP contribution in [0.3, 0.4) is 0 Å². The Morgan fingerprint density at radius 3 is 0.877 bits per heavy atom. The zero-order valence-electron chi connectivity index (χ0n) is 63.7. The Hall–Kier alpha value is -11.4. The first kappa shape index (κ1) is 96.8. The van der Waals surface area contributed by atoms with Gasteiger partial charge in [-0.05, 0) is 178 Å². The third-order valence-electron chi connectivity index (χ3n) is 18.8. The Bertz CT molecular complexity index is 4130. The molecule has 4 aromatic heterocycles. The van der Waals surface area contributed by atoms with Crippen molar-refractivity contribution in [2.75, 3.05) is 52.4 Å². The third-order valence-corrected chi connectivity index (χ3v) is 18.8. The van der Waals surface area contributed by atoms with Crippen LogP contribution in [0.4, 0.5) is 19.2 Å². The minimum atomic E-state index is -0.545. The van der Waals surface area contributed by atoms with E-state index in [4.69, 9.17) is 36.1 Å². The van der Waals surface area contributed by atoms with E-state index in [1.807, 2.05) is 192 Å². The molecule has 0 aliphatic carbocycles. The van der Waals surface area contributed by atoms with Crippen molar-refractivity contribution in [2.45, 2.75) is 243 Å². The average molecular weight is 1590 g/mol. The Morgan fingerprint density at radius 1 is 0.360 bits per heavy atom. The monoisotopic (exact) mass is 1580 g/mol. The van der Waals surface area contributed by atoms with Gasteiger partial charge in [0.25, 0.3) is 0 Å². The number of rotatable bonds is 14. The first-order valence-electron chi connectivity index (χ1n) is 36.1. The van der Waals surface area contributed by atoms with Gasteiger partial charge in [-0.2, -0.15) is 14.8 Å². The molecule has 4 aliphatic rings. The number of ether oxygens (including phenoxy) is 4. The largest absolute Gasteiger partial charge is 0.444 e. The molecule has 114 heavy (non-hydrogen) atoms. The Kier molecular flexibility index (Phi) is 34.8. The number of carbonyl (C=O) groups excluding carboxylic acids is 7. The molecule has 12 rings (SSSR count). The summed E-state index contributed by atoms with van der Waals surface area (Å²) in [6.07, 6.45) is 3.94. The lowest BCUT2D eigenvalue weighted by Gasteiger charge is -2.41. The number of H-pyrrole nitrogens is 1. The van der Waals surface area contributed by atoms with Crippen LogP contribution in [0.2, 0.25) is 0 Å². The minimum Gasteiger partial charge on any atom is -0.444 e. The van der Waals surface area contributed by atoms with E-state index < -0.39 is 56.4 Å². The lowest BCUT2D eigenvalue weighted by atomic mass is 9.72. The number of piperidine rings is 4. The molecule has 0 spiro atoms. The number of primary amides is 3. The smallest absolute Gasteiger partial charge is 0.410 e. The summed E-state index contributed by atoms with van der Waals surface area (Å²) in [6, 6.07) is 39.9. The van der Waals surface area contributed by atoms with E-state index in [1.165, 1.54) is 14.3 Å². The second kappa shape index (κ2) is 40.9. The van der Waals surface area contributed by atoms with Gasteiger partial charge in [0, 0.05) is 52.4 Å². The van der Waals surface area contributed by atoms with Crippen LogP contribution >= 0.6 is 0 Å². The van der Waals surface area contributed by atoms with Gasteiger partial charge in [0.05, 0.1) is 21.7 Å². The van der Waals surface area contributed by atoms with E-state index in [2.05, 4.69) is 79.1 Å². The van der Waals surface area contributed by atoms with Gasteiger partial charge < -0.3 is 55.7 Å². The molecule has 626 valence electrons. The number of hydrogen-bond donors (Lipinski definition) is 4. The fraction of sp³-hybridized carbons (Fsp3) is 0.562. The summed E-state index contributed by atoms with van der Waals surface area (Å²) in [6.45, 7) is 26.2. The van der Waals surface area contributed by atoms with Crippen molar-refractivity contribution in [1.29, 1.82) is 0 Å². The number of hydrogen-bond acceptors (Lipinski definition) is 23. The van der Waals surface area contributed by atoms with Crippen LogP contribution in [0.1, 0.15) is 225 Å². The van der Waals surface area contributed by atoms with Gasteiger partial charge >= 0.3 is 24.4 Å². The zero-order valence-corrected chi connectivity index (χ0v) is 63.7. The van der Waals surface area contributed by atoms with E-state index in [0.29, 0.717) is 114 Å². The number of nitrogens with two attached hydrogens (primary N) is 3. The SMILES string of the molecule is C.C.C.C.C.C.CC(C)(C)OC(=O)N1CCC(c2ccccc2)(c2nn[nH]n2)CC1.CC(C)(C)OC(=O)N1CCC(c2ccccc2)(c2nnn(CC(N)=O)n2)CC1.CC(C)(C)OC(=O)N1CCC(c2ccccc2)(c2nnn(CC(N)=O)n2)CC1.CC(C)(C)OC(=O)N1CCC(c2ccccc2)(c2nnnn2CC(N)=O)CC1. The molecule has 4 aliphatic heterocycles. The van der Waals surface area contributed by atoms with Crippen molar-refractivity contribution in [1.82, 2.24) is 101 Å². The molecule has 34 heteroatoms. The highest BCUT2D eigenvalue weighted by molar-refractivity contribution is 5.74. The number of aromatic amines is 1. The van der Waals surface area contributed by atoms with Crippen molar-refractivity contribution in [3.63, 3.8) is 0 Å². The summed E-state index contributed by atoms with van der Waals surface area (Å²) in [7, 11) is 0. The van der Waals surface area contributed by atoms with E-state index in [-0.39, 0.29) is 94.0 Å². The topological polar surface area (TPSA) is 433 Å². The number of nitrogens with one attached hydrogen (secondary N) is 1. The zero-order chi connectivity index (χ0) is 78.3. The van der Waals surface area contributed by atoms with Gasteiger partial charge in [-0.3, -0.25) is 14.4 Å². The van der Waals surface area contributed by atoms with Crippen LogP contribution in [0.15, 0.2) is 121 Å². The van der Waals surface area contributed by atoms with E-state index in [1.54, 1.807) is 19.6 Å². The van der Waals surface area contributed by atoms with Crippen LogP contribution in [0.25, 0.3) is 0 Å². The van der Waals surface area contributed by atoms with Gasteiger partial charge in [0.15, 0.2) is 23.3 Å². The molecule has 4 fully saturated rings. The van der Waals surface area contributed by atoms with Gasteiger partial charge in [-0.25, -0.2) is 23.9 Å². The van der Waals surface area contributed by atoms with Crippen LogP contribution < -0.4 is 17.2 Å². The maximum Gasteiger partial charge on any atom is 0.410 e. The molecule has 0 unspecified atom stereocenters. The molecule has 0 saturated carbocycles. The maximum absolute atomic E-state index is 12.5. The predicted octanol–water partition coefficient (Wildman–Crippen LogP) is 10.8. The summed E-state index contributed by atoms with van der Waals surface area (Å²) < 4.78 is 23.4. The van der Waals surface area contributed by atoms with Gasteiger partial charge in [0.1, 0.15) is 42.0 Å². The molecule has 34 nitrogen and oxygen atoms in total. The van der Waals surface area contributed by atoms with Crippen LogP contribution in [0.5, 0.6) is 0 Å². The van der Waals surface area contributed by atoms with Gasteiger partial charge in [0.2, 0.25) is 17.7 Å². The van der Waals surface area contributed by atoms with E-state index in [9.17, 15) is 33.6 Å². The normalized spacial score (nSPS) is 15.9. The number of tetrazole rings is 4. The van der Waals surface area contributed by atoms with Crippen LogP contribution in [0, 0.1) is 0 Å². The van der Waals surface area contributed by atoms with Crippen molar-refractivity contribution < 1.29 is 52.5 Å². The molecule has 4 saturated heterocycles. The van der Waals surface area contributed by atoms with Crippen molar-refractivity contribution in [2.24, 2.45) is 17.2 Å². The number of carbonyl (C=O) groups is 7. The standard InChI is InChI=1S/3C19H26N6O3.C17H23N5O2.6CH4/c1-18(2,3)28-17(27)24-11-9-19(10-12-24,14-7-5-4-6-8-14)16-21-22-23-25(16)13-15(20)26;2*1-18(2,3)28-17(27)24-11-9-19(10-12-24,14-7-5-4-6-8-14)16-21-23-25(22-16)13-15(20)26;1-16(2,3)24-15(23)22-11-9-17(10-12-22,14-18-20-21-19-14)13-7-5-4-6-8-13;;;;;;/h3*4-8H,9-13H2,1-3H3,(H2,20,26);4-8H,9-12H2,1-3H3,(H,18,19,20,21);6*1H4. The fourth-order valence-corrected chi connectivity index (χ4v) is 13.6. The molecule has 0 atom stereocenters. The number of aromatic nitrogens is 16. The number of amides is 7. The Balaban J connectivity index is 0.000000387. The second-order valence-corrected chi connectivity index (χ2v) is 31.2. The second-order valence-electron chi connectivity index (χ2n) is 31.2. The first-order chi connectivity index (χ1) is 51.0. The third kappa shape index (κ3) is 25.1. The highest BCUT2D eigenvalue weighted by Gasteiger charge is 2.48. The summed E-state index contributed by atoms with van der Waals surface area (Å²) in [5.74, 6) is 0.754. The molecule has 0 radical (unpaired) electrons. The van der Waals surface area contributed by atoms with Crippen LogP contribution in [-0.4, -0.2) is 218 Å². The minimum absolute atomic E-state index is 0. The highest BCUT2D eigenvalue weighted by Crippen LogP contribution is 2.44. The molecule has 0 bridgehead atoms. The van der Waals surface area contributed by atoms with E-state index in [0.717, 1.165) is 35.1 Å². The number of nitrogens with zero attached hydrogens (tertiary/aromatic N) is 19. The lowest BCUT2D eigenvalue weighted by Crippen LogP contribution is -2.48. The van der Waals surface area contributed by atoms with Crippen molar-refractivity contribution >= 4 is 42.1 Å². The maximum atomic E-state index is 12.5. The summed E-state index contributed by atoms with van der Waals surface area (Å²) in [5, 5.41) is 51.9. The molecule has 7 N–H and O–H groups in total. The molecule has 7 amide bonds. The molecule has 4 aromatic carbocycles. The molecular formula is C80H125N23O11. The molecule has 8 aromatic rings. The summed E-state index contributed by atoms with van der Waals surface area (Å²) in [5.41, 5.74) is 16.2. The number of likely N-dealkylation sites (tertiary alicyclic amines) is 4.